The summed E-state index contributed by atoms with van der Waals surface area (Å²) < 4.78 is 3.14. The molecular weight excluding hydrogens is 342 g/mol. The van der Waals surface area contributed by atoms with Crippen molar-refractivity contribution in [2.45, 2.75) is 39.7 Å². The Morgan fingerprint density at radius 2 is 1.96 bits per heavy atom. The van der Waals surface area contributed by atoms with Crippen molar-refractivity contribution in [3.8, 4) is 5.69 Å². The molecule has 1 aromatic carbocycles. The van der Waals surface area contributed by atoms with Crippen LogP contribution in [-0.4, -0.2) is 43.2 Å². The highest BCUT2D eigenvalue weighted by molar-refractivity contribution is 5.76. The fraction of sp³-hybridized carbons (Fsp3) is 0.400. The summed E-state index contributed by atoms with van der Waals surface area (Å²) in [5.74, 6) is 0.0675. The normalized spacial score (nSPS) is 11.0. The van der Waals surface area contributed by atoms with Gasteiger partial charge in [-0.05, 0) is 25.5 Å². The van der Waals surface area contributed by atoms with E-state index >= 15 is 0 Å². The fourth-order valence-corrected chi connectivity index (χ4v) is 3.05. The number of nitrogens with zero attached hydrogens (tertiary/aromatic N) is 5. The van der Waals surface area contributed by atoms with Crippen LogP contribution in [0.15, 0.2) is 47.7 Å². The van der Waals surface area contributed by atoms with E-state index in [1.807, 2.05) is 42.2 Å². The zero-order valence-corrected chi connectivity index (χ0v) is 15.8. The van der Waals surface area contributed by atoms with Gasteiger partial charge in [-0.15, -0.1) is 0 Å². The van der Waals surface area contributed by atoms with Gasteiger partial charge in [0, 0.05) is 26.1 Å². The lowest BCUT2D eigenvalue weighted by Gasteiger charge is -2.20. The molecule has 27 heavy (non-hydrogen) atoms. The molecule has 2 heterocycles. The van der Waals surface area contributed by atoms with Gasteiger partial charge in [0.05, 0.1) is 18.2 Å². The number of unbranched alkanes of at least 4 members (excludes halogenated alkanes) is 1. The van der Waals surface area contributed by atoms with Gasteiger partial charge < -0.3 is 4.90 Å². The Hall–Kier alpha value is -2.96. The average Bonchev–Trinajstić information content (AvgIpc) is 3.13. The number of hydrogen-bond donors (Lipinski definition) is 0. The Balaban J connectivity index is 1.78. The van der Waals surface area contributed by atoms with Crippen molar-refractivity contribution in [2.24, 2.45) is 0 Å². The van der Waals surface area contributed by atoms with Crippen molar-refractivity contribution in [1.82, 2.24) is 24.2 Å². The Morgan fingerprint density at radius 3 is 2.67 bits per heavy atom. The number of aryl methyl sites for hydroxylation is 1. The molecule has 0 aliphatic heterocycles. The van der Waals surface area contributed by atoms with Crippen LogP contribution in [0, 0.1) is 0 Å². The standard InChI is InChI=1S/C20H25N5O2/c1-3-5-12-23(4-2)18(26)11-13-24-15-21-19-17(20(24)27)14-22-25(19)16-9-7-6-8-10-16/h6-10,14-15H,3-5,11-13H2,1-2H3. The lowest BCUT2D eigenvalue weighted by atomic mass is 10.3. The number of amides is 1. The number of carbonyl (C=O) groups is 1. The Bertz CT molecular complexity index is 961. The van der Waals surface area contributed by atoms with Crippen LogP contribution in [0.1, 0.15) is 33.1 Å². The molecule has 0 unspecified atom stereocenters. The highest BCUT2D eigenvalue weighted by Gasteiger charge is 2.14. The van der Waals surface area contributed by atoms with Gasteiger partial charge >= 0.3 is 0 Å². The van der Waals surface area contributed by atoms with Gasteiger partial charge in [0.1, 0.15) is 5.39 Å². The molecule has 2 aromatic heterocycles. The Morgan fingerprint density at radius 1 is 1.19 bits per heavy atom. The number of carbonyl (C=O) groups excluding carboxylic acids is 1. The lowest BCUT2D eigenvalue weighted by molar-refractivity contribution is -0.131. The maximum absolute atomic E-state index is 12.7. The Kier molecular flexibility index (Phi) is 6.01. The van der Waals surface area contributed by atoms with Crippen molar-refractivity contribution >= 4 is 16.9 Å². The van der Waals surface area contributed by atoms with Crippen molar-refractivity contribution in [3.05, 3.63) is 53.2 Å². The largest absolute Gasteiger partial charge is 0.343 e. The molecule has 3 aromatic rings. The summed E-state index contributed by atoms with van der Waals surface area (Å²) in [5.41, 5.74) is 1.19. The third-order valence-corrected chi connectivity index (χ3v) is 4.64. The van der Waals surface area contributed by atoms with Gasteiger partial charge in [0.15, 0.2) is 5.65 Å². The molecule has 0 fully saturated rings. The zero-order chi connectivity index (χ0) is 19.2. The smallest absolute Gasteiger partial charge is 0.264 e. The highest BCUT2D eigenvalue weighted by Crippen LogP contribution is 2.13. The molecule has 0 radical (unpaired) electrons. The van der Waals surface area contributed by atoms with E-state index in [0.717, 1.165) is 25.1 Å². The van der Waals surface area contributed by atoms with Gasteiger partial charge in [-0.3, -0.25) is 14.2 Å². The van der Waals surface area contributed by atoms with Crippen molar-refractivity contribution in [2.75, 3.05) is 13.1 Å². The van der Waals surface area contributed by atoms with Crippen LogP contribution in [0.3, 0.4) is 0 Å². The van der Waals surface area contributed by atoms with Gasteiger partial charge in [0.2, 0.25) is 5.91 Å². The summed E-state index contributed by atoms with van der Waals surface area (Å²) in [4.78, 5) is 31.4. The number of para-hydroxylation sites is 1. The molecule has 0 saturated carbocycles. The summed E-state index contributed by atoms with van der Waals surface area (Å²) >= 11 is 0. The first-order chi connectivity index (χ1) is 13.2. The first kappa shape index (κ1) is 18.8. The lowest BCUT2D eigenvalue weighted by Crippen LogP contribution is -2.33. The van der Waals surface area contributed by atoms with E-state index in [4.69, 9.17) is 0 Å². The van der Waals surface area contributed by atoms with Gasteiger partial charge in [-0.2, -0.15) is 5.10 Å². The van der Waals surface area contributed by atoms with E-state index < -0.39 is 0 Å². The van der Waals surface area contributed by atoms with Crippen LogP contribution in [0.2, 0.25) is 0 Å². The summed E-state index contributed by atoms with van der Waals surface area (Å²) in [6, 6.07) is 9.57. The molecule has 0 spiro atoms. The third kappa shape index (κ3) is 4.07. The number of aromatic nitrogens is 4. The molecule has 7 heteroatoms. The second kappa shape index (κ2) is 8.62. The topological polar surface area (TPSA) is 73.0 Å². The van der Waals surface area contributed by atoms with E-state index in [1.165, 1.54) is 17.1 Å². The quantitative estimate of drug-likeness (QED) is 0.613. The molecule has 0 N–H and O–H groups in total. The van der Waals surface area contributed by atoms with E-state index in [1.54, 1.807) is 4.68 Å². The SMILES string of the molecule is CCCCN(CC)C(=O)CCn1cnc2c(cnn2-c2ccccc2)c1=O. The molecule has 0 aliphatic rings. The first-order valence-corrected chi connectivity index (χ1v) is 9.42. The second-order valence-corrected chi connectivity index (χ2v) is 6.45. The van der Waals surface area contributed by atoms with Gasteiger partial charge in [-0.25, -0.2) is 9.67 Å². The van der Waals surface area contributed by atoms with Gasteiger partial charge in [-0.1, -0.05) is 31.5 Å². The summed E-state index contributed by atoms with van der Waals surface area (Å²) in [7, 11) is 0. The fourth-order valence-electron chi connectivity index (χ4n) is 3.05. The van der Waals surface area contributed by atoms with Crippen LogP contribution in [0.5, 0.6) is 0 Å². The van der Waals surface area contributed by atoms with E-state index in [0.29, 0.717) is 24.1 Å². The van der Waals surface area contributed by atoms with Gasteiger partial charge in [0.25, 0.3) is 5.56 Å². The summed E-state index contributed by atoms with van der Waals surface area (Å²) in [6.07, 6.45) is 5.37. The molecule has 142 valence electrons. The van der Waals surface area contributed by atoms with Crippen molar-refractivity contribution < 1.29 is 4.79 Å². The van der Waals surface area contributed by atoms with E-state index in [-0.39, 0.29) is 17.9 Å². The minimum absolute atomic E-state index is 0.0675. The van der Waals surface area contributed by atoms with E-state index in [2.05, 4.69) is 17.0 Å². The highest BCUT2D eigenvalue weighted by atomic mass is 16.2. The van der Waals surface area contributed by atoms with Crippen molar-refractivity contribution in [3.63, 3.8) is 0 Å². The molecule has 1 amide bonds. The van der Waals surface area contributed by atoms with E-state index in [9.17, 15) is 9.59 Å². The monoisotopic (exact) mass is 367 g/mol. The molecule has 0 bridgehead atoms. The van der Waals surface area contributed by atoms with Crippen LogP contribution in [-0.2, 0) is 11.3 Å². The minimum Gasteiger partial charge on any atom is -0.343 e. The maximum Gasteiger partial charge on any atom is 0.264 e. The molecule has 0 atom stereocenters. The van der Waals surface area contributed by atoms with Crippen LogP contribution >= 0.6 is 0 Å². The first-order valence-electron chi connectivity index (χ1n) is 9.42. The Labute approximate surface area is 158 Å². The summed E-state index contributed by atoms with van der Waals surface area (Å²) in [5, 5.41) is 4.75. The van der Waals surface area contributed by atoms with Crippen molar-refractivity contribution in [1.29, 1.82) is 0 Å². The predicted molar refractivity (Wildman–Crippen MR) is 105 cm³/mol. The molecular formula is C20H25N5O2. The maximum atomic E-state index is 12.7. The van der Waals surface area contributed by atoms with Crippen LogP contribution in [0.25, 0.3) is 16.7 Å². The van der Waals surface area contributed by atoms with Crippen LogP contribution < -0.4 is 5.56 Å². The van der Waals surface area contributed by atoms with Crippen LogP contribution in [0.4, 0.5) is 0 Å². The molecule has 3 rings (SSSR count). The second-order valence-electron chi connectivity index (χ2n) is 6.45. The molecule has 0 saturated heterocycles. The average molecular weight is 367 g/mol. The number of hydrogen-bond acceptors (Lipinski definition) is 4. The number of rotatable bonds is 8. The molecule has 7 nitrogen and oxygen atoms in total. The molecule has 0 aliphatic carbocycles. The zero-order valence-electron chi connectivity index (χ0n) is 15.8. The predicted octanol–water partition coefficient (Wildman–Crippen LogP) is 2.62. The summed E-state index contributed by atoms with van der Waals surface area (Å²) in [6.45, 7) is 5.86. The number of fused-ring (bicyclic) bond motifs is 1. The minimum atomic E-state index is -0.174. The number of benzene rings is 1. The third-order valence-electron chi connectivity index (χ3n) is 4.64.